The molecule has 2 aromatic carbocycles. The number of primary amides is 1. The summed E-state index contributed by atoms with van der Waals surface area (Å²) in [5.41, 5.74) is 6.09. The molecular weight excluding hydrogens is 351 g/mol. The summed E-state index contributed by atoms with van der Waals surface area (Å²) in [4.78, 5) is 34.9. The normalized spacial score (nSPS) is 11.1. The van der Waals surface area contributed by atoms with Gasteiger partial charge in [0.2, 0.25) is 11.8 Å². The Kier molecular flexibility index (Phi) is 6.65. The number of anilines is 2. The number of urea groups is 1. The molecule has 1 atom stereocenters. The monoisotopic (exact) mass is 370 g/mol. The Morgan fingerprint density at radius 2 is 1.81 bits per heavy atom. The van der Waals surface area contributed by atoms with Gasteiger partial charge < -0.3 is 21.7 Å². The number of nitrogens with one attached hydrogen (secondary N) is 3. The molecule has 0 spiro atoms. The highest BCUT2D eigenvalue weighted by molar-refractivity contribution is 6.00. The second kappa shape index (κ2) is 9.14. The SMILES string of the molecule is C=CC(=O)Nc1cc(NC(=O)CC(NC(N)=O)c2ccccc2)ccc1F. The second-order valence-electron chi connectivity index (χ2n) is 5.61. The van der Waals surface area contributed by atoms with Crippen LogP contribution < -0.4 is 21.7 Å². The van der Waals surface area contributed by atoms with E-state index in [2.05, 4.69) is 22.5 Å². The van der Waals surface area contributed by atoms with Crippen LogP contribution in [0.4, 0.5) is 20.6 Å². The van der Waals surface area contributed by atoms with Crippen LogP contribution in [0.25, 0.3) is 0 Å². The third kappa shape index (κ3) is 5.96. The Morgan fingerprint density at radius 1 is 1.11 bits per heavy atom. The van der Waals surface area contributed by atoms with E-state index in [1.165, 1.54) is 12.1 Å². The van der Waals surface area contributed by atoms with Gasteiger partial charge in [0.1, 0.15) is 5.82 Å². The molecule has 0 saturated carbocycles. The molecule has 0 fully saturated rings. The van der Waals surface area contributed by atoms with E-state index in [9.17, 15) is 18.8 Å². The molecule has 4 amide bonds. The first-order valence-corrected chi connectivity index (χ1v) is 8.02. The van der Waals surface area contributed by atoms with Crippen molar-refractivity contribution in [3.63, 3.8) is 0 Å². The first-order chi connectivity index (χ1) is 12.9. The van der Waals surface area contributed by atoms with Crippen LogP contribution >= 0.6 is 0 Å². The van der Waals surface area contributed by atoms with Gasteiger partial charge in [-0.2, -0.15) is 0 Å². The number of benzene rings is 2. The van der Waals surface area contributed by atoms with Crippen LogP contribution in [0.5, 0.6) is 0 Å². The molecule has 27 heavy (non-hydrogen) atoms. The molecule has 7 nitrogen and oxygen atoms in total. The molecule has 0 aliphatic rings. The van der Waals surface area contributed by atoms with Crippen molar-refractivity contribution in [3.05, 3.63) is 72.6 Å². The lowest BCUT2D eigenvalue weighted by molar-refractivity contribution is -0.116. The Balaban J connectivity index is 2.11. The topological polar surface area (TPSA) is 113 Å². The van der Waals surface area contributed by atoms with E-state index in [1.54, 1.807) is 24.3 Å². The summed E-state index contributed by atoms with van der Waals surface area (Å²) in [5.74, 6) is -1.65. The third-order valence-electron chi connectivity index (χ3n) is 3.60. The van der Waals surface area contributed by atoms with Crippen molar-refractivity contribution < 1.29 is 18.8 Å². The van der Waals surface area contributed by atoms with Crippen LogP contribution in [0.1, 0.15) is 18.0 Å². The minimum absolute atomic E-state index is 0.0846. The van der Waals surface area contributed by atoms with Gasteiger partial charge in [-0.05, 0) is 29.8 Å². The molecule has 8 heteroatoms. The molecule has 0 heterocycles. The van der Waals surface area contributed by atoms with E-state index in [0.717, 1.165) is 12.1 Å². The molecule has 5 N–H and O–H groups in total. The molecular formula is C19H19FN4O3. The Morgan fingerprint density at radius 3 is 2.44 bits per heavy atom. The summed E-state index contributed by atoms with van der Waals surface area (Å²) >= 11 is 0. The van der Waals surface area contributed by atoms with Crippen molar-refractivity contribution >= 4 is 29.2 Å². The minimum Gasteiger partial charge on any atom is -0.352 e. The van der Waals surface area contributed by atoms with Gasteiger partial charge in [-0.3, -0.25) is 9.59 Å². The number of rotatable bonds is 7. The number of amides is 4. The lowest BCUT2D eigenvalue weighted by atomic mass is 10.0. The number of nitrogens with two attached hydrogens (primary N) is 1. The Hall–Kier alpha value is -3.68. The predicted molar refractivity (Wildman–Crippen MR) is 100 cm³/mol. The van der Waals surface area contributed by atoms with Crippen molar-refractivity contribution in [1.29, 1.82) is 0 Å². The van der Waals surface area contributed by atoms with E-state index < -0.39 is 29.7 Å². The average Bonchev–Trinajstić information content (AvgIpc) is 2.64. The van der Waals surface area contributed by atoms with E-state index in [4.69, 9.17) is 5.73 Å². The maximum atomic E-state index is 13.8. The zero-order valence-electron chi connectivity index (χ0n) is 14.4. The van der Waals surface area contributed by atoms with Crippen LogP contribution in [-0.2, 0) is 9.59 Å². The van der Waals surface area contributed by atoms with Crippen molar-refractivity contribution in [1.82, 2.24) is 5.32 Å². The highest BCUT2D eigenvalue weighted by atomic mass is 19.1. The molecule has 0 radical (unpaired) electrons. The molecule has 0 aliphatic carbocycles. The van der Waals surface area contributed by atoms with Crippen LogP contribution in [-0.4, -0.2) is 17.8 Å². The fraction of sp³-hybridized carbons (Fsp3) is 0.105. The van der Waals surface area contributed by atoms with Crippen LogP contribution in [0.15, 0.2) is 61.2 Å². The summed E-state index contributed by atoms with van der Waals surface area (Å²) in [6, 6.07) is 11.3. The van der Waals surface area contributed by atoms with Crippen LogP contribution in [0.2, 0.25) is 0 Å². The van der Waals surface area contributed by atoms with E-state index in [0.29, 0.717) is 5.56 Å². The molecule has 140 valence electrons. The largest absolute Gasteiger partial charge is 0.352 e. The smallest absolute Gasteiger partial charge is 0.312 e. The van der Waals surface area contributed by atoms with Gasteiger partial charge in [0.15, 0.2) is 0 Å². The quantitative estimate of drug-likeness (QED) is 0.562. The zero-order chi connectivity index (χ0) is 19.8. The molecule has 1 unspecified atom stereocenters. The minimum atomic E-state index is -0.757. The summed E-state index contributed by atoms with van der Waals surface area (Å²) in [5, 5.41) is 7.43. The first-order valence-electron chi connectivity index (χ1n) is 8.02. The van der Waals surface area contributed by atoms with Gasteiger partial charge in [0.05, 0.1) is 18.2 Å². The molecule has 0 saturated heterocycles. The summed E-state index contributed by atoms with van der Waals surface area (Å²) in [6.07, 6.45) is 0.920. The number of hydrogen-bond acceptors (Lipinski definition) is 3. The van der Waals surface area contributed by atoms with Gasteiger partial charge >= 0.3 is 6.03 Å². The highest BCUT2D eigenvalue weighted by Crippen LogP contribution is 2.21. The highest BCUT2D eigenvalue weighted by Gasteiger charge is 2.18. The van der Waals surface area contributed by atoms with Crippen molar-refractivity contribution in [2.45, 2.75) is 12.5 Å². The maximum absolute atomic E-state index is 13.8. The summed E-state index contributed by atoms with van der Waals surface area (Å²) < 4.78 is 13.8. The summed E-state index contributed by atoms with van der Waals surface area (Å²) in [6.45, 7) is 3.29. The van der Waals surface area contributed by atoms with Crippen molar-refractivity contribution in [2.75, 3.05) is 10.6 Å². The molecule has 0 aliphatic heterocycles. The number of hydrogen-bond donors (Lipinski definition) is 4. The van der Waals surface area contributed by atoms with E-state index in [-0.39, 0.29) is 17.8 Å². The van der Waals surface area contributed by atoms with Gasteiger partial charge in [0, 0.05) is 5.69 Å². The maximum Gasteiger partial charge on any atom is 0.312 e. The average molecular weight is 370 g/mol. The molecule has 0 aromatic heterocycles. The number of halogens is 1. The fourth-order valence-electron chi connectivity index (χ4n) is 2.39. The van der Waals surface area contributed by atoms with E-state index in [1.807, 2.05) is 6.07 Å². The second-order valence-corrected chi connectivity index (χ2v) is 5.61. The standard InChI is InChI=1S/C19H19FN4O3/c1-2-17(25)23-16-10-13(8-9-14(16)20)22-18(26)11-15(24-19(21)27)12-6-4-3-5-7-12/h2-10,15H,1,11H2,(H,22,26)(H,23,25)(H3,21,24,27). The van der Waals surface area contributed by atoms with Gasteiger partial charge in [-0.25, -0.2) is 9.18 Å². The van der Waals surface area contributed by atoms with Gasteiger partial charge in [-0.1, -0.05) is 36.9 Å². The third-order valence-corrected chi connectivity index (χ3v) is 3.60. The van der Waals surface area contributed by atoms with Crippen molar-refractivity contribution in [3.8, 4) is 0 Å². The zero-order valence-corrected chi connectivity index (χ0v) is 14.4. The lowest BCUT2D eigenvalue weighted by Gasteiger charge is -2.18. The first kappa shape index (κ1) is 19.6. The lowest BCUT2D eigenvalue weighted by Crippen LogP contribution is -2.35. The van der Waals surface area contributed by atoms with Gasteiger partial charge in [0.25, 0.3) is 0 Å². The number of carbonyl (C=O) groups excluding carboxylic acids is 3. The molecule has 2 rings (SSSR count). The van der Waals surface area contributed by atoms with Crippen LogP contribution in [0, 0.1) is 5.82 Å². The predicted octanol–water partition coefficient (Wildman–Crippen LogP) is 2.69. The van der Waals surface area contributed by atoms with Crippen LogP contribution in [0.3, 0.4) is 0 Å². The Labute approximate surface area is 155 Å². The van der Waals surface area contributed by atoms with Crippen molar-refractivity contribution in [2.24, 2.45) is 5.73 Å². The van der Waals surface area contributed by atoms with Gasteiger partial charge in [-0.15, -0.1) is 0 Å². The Bertz CT molecular complexity index is 855. The molecule has 2 aromatic rings. The number of carbonyl (C=O) groups is 3. The van der Waals surface area contributed by atoms with E-state index >= 15 is 0 Å². The fourth-order valence-corrected chi connectivity index (χ4v) is 2.39. The molecule has 0 bridgehead atoms. The summed E-state index contributed by atoms with van der Waals surface area (Å²) in [7, 11) is 0.